The molecule has 2 aromatic heterocycles. The van der Waals surface area contributed by atoms with E-state index in [0.29, 0.717) is 31.2 Å². The molecule has 0 amide bonds. The van der Waals surface area contributed by atoms with Gasteiger partial charge in [-0.3, -0.25) is 14.6 Å². The van der Waals surface area contributed by atoms with Crippen LogP contribution in [0.25, 0.3) is 11.3 Å². The molecule has 7 atom stereocenters. The van der Waals surface area contributed by atoms with E-state index in [-0.39, 0.29) is 47.5 Å². The molecule has 0 radical (unpaired) electrons. The second kappa shape index (κ2) is 10.0. The predicted octanol–water partition coefficient (Wildman–Crippen LogP) is 4.99. The van der Waals surface area contributed by atoms with E-state index in [1.165, 1.54) is 6.92 Å². The van der Waals surface area contributed by atoms with Gasteiger partial charge < -0.3 is 23.7 Å². The van der Waals surface area contributed by atoms with Gasteiger partial charge in [-0.1, -0.05) is 27.7 Å². The molecule has 2 unspecified atom stereocenters. The van der Waals surface area contributed by atoms with E-state index in [2.05, 4.69) is 25.8 Å². The van der Waals surface area contributed by atoms with Crippen LogP contribution in [-0.2, 0) is 19.1 Å². The summed E-state index contributed by atoms with van der Waals surface area (Å²) in [7, 11) is 0. The quantitative estimate of drug-likeness (QED) is 0.510. The van der Waals surface area contributed by atoms with Gasteiger partial charge in [-0.25, -0.2) is 4.79 Å². The Morgan fingerprint density at radius 2 is 1.93 bits per heavy atom. The van der Waals surface area contributed by atoms with E-state index < -0.39 is 40.2 Å². The van der Waals surface area contributed by atoms with Crippen molar-refractivity contribution >= 4 is 11.9 Å². The Bertz CT molecular complexity index is 1350. The van der Waals surface area contributed by atoms with Crippen molar-refractivity contribution in [2.24, 2.45) is 22.7 Å². The van der Waals surface area contributed by atoms with Gasteiger partial charge in [0, 0.05) is 48.7 Å². The van der Waals surface area contributed by atoms with Gasteiger partial charge in [0.05, 0.1) is 6.10 Å². The van der Waals surface area contributed by atoms with Gasteiger partial charge in [0.2, 0.25) is 0 Å². The second-order valence-electron chi connectivity index (χ2n) is 12.6. The third-order valence-electron chi connectivity index (χ3n) is 9.76. The summed E-state index contributed by atoms with van der Waals surface area (Å²) in [6.45, 7) is 11.4. The fraction of sp³-hybridized carbons (Fsp3) is 0.613. The Kier molecular flexibility index (Phi) is 7.09. The summed E-state index contributed by atoms with van der Waals surface area (Å²) in [5, 5.41) is 12.0. The number of fused-ring (bicyclic) bond motifs is 4. The molecule has 40 heavy (non-hydrogen) atoms. The lowest BCUT2D eigenvalue weighted by Crippen LogP contribution is -2.70. The first-order valence-corrected chi connectivity index (χ1v) is 14.1. The molecule has 9 nitrogen and oxygen atoms in total. The number of esters is 2. The van der Waals surface area contributed by atoms with Crippen LogP contribution < -0.4 is 10.4 Å². The standard InChI is InChI=1S/C31H39NO8/c1-7-9-24(34)39-23-15-21-29(3,4)22(37-17(2)33)11-12-30(21,5)27-26(35)25-20(40-31(23,27)6)14-19(38-28(25)36)18-10-8-13-32-16-18/h8,10,13-14,16,21-23,26-27,35H,7,9,11-12,15H2,1-6H3/t21?,22-,23-,26-,27?,30-,31+/m0/s1. The van der Waals surface area contributed by atoms with Crippen molar-refractivity contribution in [3.8, 4) is 17.1 Å². The maximum Gasteiger partial charge on any atom is 0.345 e. The third kappa shape index (κ3) is 4.42. The Morgan fingerprint density at radius 1 is 1.18 bits per heavy atom. The number of pyridine rings is 1. The first kappa shape index (κ1) is 28.3. The maximum absolute atomic E-state index is 13.4. The molecule has 1 aliphatic heterocycles. The number of carbonyl (C=O) groups excluding carboxylic acids is 2. The smallest absolute Gasteiger partial charge is 0.345 e. The molecule has 2 fully saturated rings. The summed E-state index contributed by atoms with van der Waals surface area (Å²) in [6, 6.07) is 5.12. The molecule has 3 aliphatic rings. The molecule has 0 bridgehead atoms. The van der Waals surface area contributed by atoms with Gasteiger partial charge >= 0.3 is 17.6 Å². The predicted molar refractivity (Wildman–Crippen MR) is 145 cm³/mol. The first-order chi connectivity index (χ1) is 18.8. The maximum atomic E-state index is 13.4. The number of hydrogen-bond donors (Lipinski definition) is 1. The van der Waals surface area contributed by atoms with E-state index in [1.807, 2.05) is 13.8 Å². The van der Waals surface area contributed by atoms with Crippen LogP contribution in [-0.4, -0.2) is 39.8 Å². The lowest BCUT2D eigenvalue weighted by molar-refractivity contribution is -0.264. The first-order valence-electron chi connectivity index (χ1n) is 14.1. The molecule has 2 saturated carbocycles. The number of aliphatic hydroxyl groups is 1. The number of carbonyl (C=O) groups is 2. The van der Waals surface area contributed by atoms with Crippen LogP contribution >= 0.6 is 0 Å². The Balaban J connectivity index is 1.64. The molecule has 0 spiro atoms. The minimum absolute atomic E-state index is 0.0653. The summed E-state index contributed by atoms with van der Waals surface area (Å²) in [5.41, 5.74) is -2.18. The zero-order chi connectivity index (χ0) is 29.0. The van der Waals surface area contributed by atoms with E-state index in [1.54, 1.807) is 30.6 Å². The van der Waals surface area contributed by atoms with Gasteiger partial charge in [-0.2, -0.15) is 0 Å². The highest BCUT2D eigenvalue weighted by Gasteiger charge is 2.69. The summed E-state index contributed by atoms with van der Waals surface area (Å²) >= 11 is 0. The van der Waals surface area contributed by atoms with Crippen LogP contribution in [0.4, 0.5) is 0 Å². The summed E-state index contributed by atoms with van der Waals surface area (Å²) in [5.74, 6) is -0.909. The Morgan fingerprint density at radius 3 is 2.58 bits per heavy atom. The molecule has 2 aliphatic carbocycles. The molecule has 9 heteroatoms. The number of aromatic nitrogens is 1. The summed E-state index contributed by atoms with van der Waals surface area (Å²) in [4.78, 5) is 42.3. The van der Waals surface area contributed by atoms with Crippen LogP contribution in [0.5, 0.6) is 5.75 Å². The zero-order valence-corrected chi connectivity index (χ0v) is 24.1. The van der Waals surface area contributed by atoms with E-state index in [9.17, 15) is 19.5 Å². The highest BCUT2D eigenvalue weighted by molar-refractivity contribution is 5.69. The van der Waals surface area contributed by atoms with Gasteiger partial charge in [0.15, 0.2) is 0 Å². The van der Waals surface area contributed by atoms with Crippen molar-refractivity contribution in [1.82, 2.24) is 4.98 Å². The minimum Gasteiger partial charge on any atom is -0.482 e. The van der Waals surface area contributed by atoms with Gasteiger partial charge in [0.1, 0.15) is 34.9 Å². The molecule has 3 heterocycles. The number of hydrogen-bond acceptors (Lipinski definition) is 9. The highest BCUT2D eigenvalue weighted by Crippen LogP contribution is 2.67. The summed E-state index contributed by atoms with van der Waals surface area (Å²) in [6.07, 6.45) is 3.52. The second-order valence-corrected chi connectivity index (χ2v) is 12.6. The van der Waals surface area contributed by atoms with E-state index in [0.717, 1.165) is 0 Å². The molecule has 5 rings (SSSR count). The van der Waals surface area contributed by atoms with E-state index >= 15 is 0 Å². The molecular formula is C31H39NO8. The van der Waals surface area contributed by atoms with Crippen LogP contribution in [0.1, 0.15) is 85.3 Å². The lowest BCUT2D eigenvalue weighted by Gasteiger charge is -2.66. The normalized spacial score (nSPS) is 33.9. The number of aliphatic hydroxyl groups excluding tert-OH is 1. The van der Waals surface area contributed by atoms with Crippen LogP contribution in [0, 0.1) is 22.7 Å². The van der Waals surface area contributed by atoms with Gasteiger partial charge in [0.25, 0.3) is 0 Å². The third-order valence-corrected chi connectivity index (χ3v) is 9.76. The Hall–Kier alpha value is -3.20. The molecule has 1 N–H and O–H groups in total. The van der Waals surface area contributed by atoms with Crippen LogP contribution in [0.2, 0.25) is 0 Å². The van der Waals surface area contributed by atoms with Gasteiger partial charge in [-0.15, -0.1) is 0 Å². The van der Waals surface area contributed by atoms with Gasteiger partial charge in [-0.05, 0) is 56.1 Å². The Labute approximate surface area is 234 Å². The molecule has 2 aromatic rings. The molecular weight excluding hydrogens is 514 g/mol. The SMILES string of the molecule is CCCC(=O)O[C@H]1CC2C(C)(C)[C@@H](OC(C)=O)CC[C@]2(C)C2[C@@H](O)c3c(cc(-c4cccnc4)oc3=O)O[C@@]21C. The zero-order valence-electron chi connectivity index (χ0n) is 24.1. The van der Waals surface area contributed by atoms with Crippen LogP contribution in [0.15, 0.2) is 39.8 Å². The van der Waals surface area contributed by atoms with Crippen molar-refractivity contribution in [1.29, 1.82) is 0 Å². The summed E-state index contributed by atoms with van der Waals surface area (Å²) < 4.78 is 24.2. The number of rotatable bonds is 5. The molecule has 0 aromatic carbocycles. The van der Waals surface area contributed by atoms with Crippen molar-refractivity contribution < 1.29 is 33.3 Å². The van der Waals surface area contributed by atoms with Crippen molar-refractivity contribution in [3.63, 3.8) is 0 Å². The largest absolute Gasteiger partial charge is 0.482 e. The monoisotopic (exact) mass is 553 g/mol. The topological polar surface area (TPSA) is 125 Å². The number of nitrogens with zero attached hydrogens (tertiary/aromatic N) is 1. The fourth-order valence-corrected chi connectivity index (χ4v) is 8.00. The van der Waals surface area contributed by atoms with Crippen molar-refractivity contribution in [3.05, 3.63) is 46.6 Å². The molecule has 216 valence electrons. The average molecular weight is 554 g/mol. The van der Waals surface area contributed by atoms with Crippen molar-refractivity contribution in [2.45, 2.75) is 97.6 Å². The lowest BCUT2D eigenvalue weighted by atomic mass is 9.43. The van der Waals surface area contributed by atoms with Crippen LogP contribution in [0.3, 0.4) is 0 Å². The minimum atomic E-state index is -1.23. The highest BCUT2D eigenvalue weighted by atomic mass is 16.6. The molecule has 0 saturated heterocycles. The fourth-order valence-electron chi connectivity index (χ4n) is 8.00. The number of ether oxygens (including phenoxy) is 3. The van der Waals surface area contributed by atoms with Crippen molar-refractivity contribution in [2.75, 3.05) is 0 Å². The average Bonchev–Trinajstić information content (AvgIpc) is 2.87. The van der Waals surface area contributed by atoms with E-state index in [4.69, 9.17) is 18.6 Å².